The summed E-state index contributed by atoms with van der Waals surface area (Å²) < 4.78 is 18.7. The zero-order chi connectivity index (χ0) is 18.9. The van der Waals surface area contributed by atoms with E-state index in [2.05, 4.69) is 15.3 Å². The molecule has 4 aromatic rings. The van der Waals surface area contributed by atoms with Crippen LogP contribution in [0.1, 0.15) is 22.5 Å². The second kappa shape index (κ2) is 6.97. The molecule has 1 aliphatic heterocycles. The van der Waals surface area contributed by atoms with Gasteiger partial charge in [0, 0.05) is 0 Å². The SMILES string of the molecule is COc1ccc(/C=C\c2nn3c([C@H]4COc5ccccc5O4)nnc3s2)cc1. The predicted molar refractivity (Wildman–Crippen MR) is 106 cm³/mol. The van der Waals surface area contributed by atoms with E-state index in [9.17, 15) is 0 Å². The molecule has 5 rings (SSSR count). The molecule has 0 fully saturated rings. The zero-order valence-corrected chi connectivity index (χ0v) is 15.8. The number of aromatic nitrogens is 4. The first-order chi connectivity index (χ1) is 13.8. The summed E-state index contributed by atoms with van der Waals surface area (Å²) in [4.78, 5) is 0.715. The van der Waals surface area contributed by atoms with Gasteiger partial charge in [0.25, 0.3) is 0 Å². The van der Waals surface area contributed by atoms with Crippen LogP contribution in [0.3, 0.4) is 0 Å². The number of para-hydroxylation sites is 2. The molecule has 0 saturated carbocycles. The number of rotatable bonds is 4. The van der Waals surface area contributed by atoms with Gasteiger partial charge in [-0.3, -0.25) is 0 Å². The van der Waals surface area contributed by atoms with Crippen LogP contribution in [0.15, 0.2) is 48.5 Å². The van der Waals surface area contributed by atoms with Gasteiger partial charge < -0.3 is 14.2 Å². The lowest BCUT2D eigenvalue weighted by atomic mass is 10.2. The largest absolute Gasteiger partial charge is 0.497 e. The molecule has 2 aromatic carbocycles. The van der Waals surface area contributed by atoms with Gasteiger partial charge >= 0.3 is 0 Å². The van der Waals surface area contributed by atoms with E-state index >= 15 is 0 Å². The normalized spacial score (nSPS) is 16.0. The molecule has 0 N–H and O–H groups in total. The Hall–Kier alpha value is -3.39. The van der Waals surface area contributed by atoms with Crippen molar-refractivity contribution in [1.82, 2.24) is 19.8 Å². The summed E-state index contributed by atoms with van der Waals surface area (Å²) in [5, 5.41) is 13.9. The molecule has 7 nitrogen and oxygen atoms in total. The van der Waals surface area contributed by atoms with Gasteiger partial charge in [-0.15, -0.1) is 10.2 Å². The van der Waals surface area contributed by atoms with Crippen LogP contribution in [0.4, 0.5) is 0 Å². The average molecular weight is 392 g/mol. The van der Waals surface area contributed by atoms with E-state index in [0.717, 1.165) is 22.1 Å². The van der Waals surface area contributed by atoms with Gasteiger partial charge in [-0.05, 0) is 35.9 Å². The summed E-state index contributed by atoms with van der Waals surface area (Å²) >= 11 is 1.46. The molecule has 28 heavy (non-hydrogen) atoms. The number of hydrogen-bond donors (Lipinski definition) is 0. The number of hydrogen-bond acceptors (Lipinski definition) is 7. The van der Waals surface area contributed by atoms with Crippen molar-refractivity contribution in [3.63, 3.8) is 0 Å². The van der Waals surface area contributed by atoms with Crippen LogP contribution in [-0.4, -0.2) is 33.5 Å². The predicted octanol–water partition coefficient (Wildman–Crippen LogP) is 3.88. The third kappa shape index (κ3) is 3.07. The number of methoxy groups -OCH3 is 1. The summed E-state index contributed by atoms with van der Waals surface area (Å²) in [7, 11) is 1.65. The first-order valence-corrected chi connectivity index (χ1v) is 9.54. The van der Waals surface area contributed by atoms with Crippen LogP contribution in [0, 0.1) is 0 Å². The maximum absolute atomic E-state index is 6.03. The molecule has 1 atom stereocenters. The van der Waals surface area contributed by atoms with Crippen molar-refractivity contribution in [3.05, 3.63) is 64.9 Å². The molecule has 2 aromatic heterocycles. The van der Waals surface area contributed by atoms with E-state index in [1.54, 1.807) is 11.6 Å². The van der Waals surface area contributed by atoms with Crippen LogP contribution >= 0.6 is 11.3 Å². The standard InChI is InChI=1S/C20H16N4O3S/c1-25-14-9-6-13(7-10-14)8-11-18-23-24-19(21-22-20(24)28-18)17-12-26-15-4-2-3-5-16(15)27-17/h2-11,17H,12H2,1H3/b11-8-/t17-/m1/s1. The van der Waals surface area contributed by atoms with Crippen molar-refractivity contribution in [2.24, 2.45) is 0 Å². The first kappa shape index (κ1) is 16.8. The van der Waals surface area contributed by atoms with Gasteiger partial charge in [-0.25, -0.2) is 0 Å². The Morgan fingerprint density at radius 3 is 2.71 bits per heavy atom. The van der Waals surface area contributed by atoms with Gasteiger partial charge in [-0.1, -0.05) is 41.7 Å². The minimum Gasteiger partial charge on any atom is -0.497 e. The number of ether oxygens (including phenoxy) is 3. The maximum atomic E-state index is 6.03. The van der Waals surface area contributed by atoms with Crippen molar-refractivity contribution in [1.29, 1.82) is 0 Å². The highest BCUT2D eigenvalue weighted by Crippen LogP contribution is 2.35. The molecule has 140 valence electrons. The Labute approximate surface area is 164 Å². The molecular weight excluding hydrogens is 376 g/mol. The highest BCUT2D eigenvalue weighted by atomic mass is 32.1. The van der Waals surface area contributed by atoms with E-state index in [-0.39, 0.29) is 6.10 Å². The fourth-order valence-electron chi connectivity index (χ4n) is 2.94. The van der Waals surface area contributed by atoms with Crippen LogP contribution in [0.5, 0.6) is 17.2 Å². The van der Waals surface area contributed by atoms with Gasteiger partial charge in [0.1, 0.15) is 17.4 Å². The van der Waals surface area contributed by atoms with Crippen LogP contribution < -0.4 is 14.2 Å². The number of fused-ring (bicyclic) bond motifs is 2. The molecule has 0 bridgehead atoms. The van der Waals surface area contributed by atoms with Gasteiger partial charge in [0.2, 0.25) is 4.96 Å². The Kier molecular flexibility index (Phi) is 4.17. The van der Waals surface area contributed by atoms with Crippen molar-refractivity contribution >= 4 is 28.4 Å². The number of benzene rings is 2. The smallest absolute Gasteiger partial charge is 0.235 e. The average Bonchev–Trinajstić information content (AvgIpc) is 3.32. The second-order valence-corrected chi connectivity index (χ2v) is 7.15. The lowest BCUT2D eigenvalue weighted by Gasteiger charge is -2.24. The minimum atomic E-state index is -0.356. The molecule has 1 aliphatic rings. The lowest BCUT2D eigenvalue weighted by Crippen LogP contribution is -2.23. The quantitative estimate of drug-likeness (QED) is 0.525. The Bertz CT molecular complexity index is 1150. The molecule has 3 heterocycles. The highest BCUT2D eigenvalue weighted by Gasteiger charge is 2.27. The van der Waals surface area contributed by atoms with Crippen molar-refractivity contribution in [3.8, 4) is 17.2 Å². The van der Waals surface area contributed by atoms with Crippen molar-refractivity contribution < 1.29 is 14.2 Å². The second-order valence-electron chi connectivity index (χ2n) is 6.16. The molecule has 0 radical (unpaired) electrons. The van der Waals surface area contributed by atoms with Crippen LogP contribution in [-0.2, 0) is 0 Å². The van der Waals surface area contributed by atoms with Crippen molar-refractivity contribution in [2.75, 3.05) is 13.7 Å². The Balaban J connectivity index is 1.39. The lowest BCUT2D eigenvalue weighted by molar-refractivity contribution is 0.0836. The molecule has 0 amide bonds. The fourth-order valence-corrected chi connectivity index (χ4v) is 3.69. The maximum Gasteiger partial charge on any atom is 0.235 e. The molecule has 0 spiro atoms. The van der Waals surface area contributed by atoms with E-state index in [1.807, 2.05) is 60.7 Å². The van der Waals surface area contributed by atoms with E-state index in [4.69, 9.17) is 14.2 Å². The molecule has 0 unspecified atom stereocenters. The molecule has 0 aliphatic carbocycles. The monoisotopic (exact) mass is 392 g/mol. The summed E-state index contributed by atoms with van der Waals surface area (Å²) in [6.07, 6.45) is 3.60. The summed E-state index contributed by atoms with van der Waals surface area (Å²) in [6, 6.07) is 15.4. The Morgan fingerprint density at radius 1 is 1.07 bits per heavy atom. The zero-order valence-electron chi connectivity index (χ0n) is 15.0. The fraction of sp³-hybridized carbons (Fsp3) is 0.150. The van der Waals surface area contributed by atoms with Crippen LogP contribution in [0.25, 0.3) is 17.1 Å². The molecule has 0 saturated heterocycles. The first-order valence-electron chi connectivity index (χ1n) is 8.73. The molecular formula is C20H16N4O3S. The summed E-state index contributed by atoms with van der Waals surface area (Å²) in [5.41, 5.74) is 1.06. The minimum absolute atomic E-state index is 0.356. The van der Waals surface area contributed by atoms with Crippen LogP contribution in [0.2, 0.25) is 0 Å². The third-order valence-electron chi connectivity index (χ3n) is 4.36. The van der Waals surface area contributed by atoms with Gasteiger partial charge in [0.05, 0.1) is 7.11 Å². The van der Waals surface area contributed by atoms with E-state index in [1.165, 1.54) is 11.3 Å². The Morgan fingerprint density at radius 2 is 1.89 bits per heavy atom. The third-order valence-corrected chi connectivity index (χ3v) is 5.23. The molecule has 8 heteroatoms. The van der Waals surface area contributed by atoms with E-state index in [0.29, 0.717) is 23.1 Å². The summed E-state index contributed by atoms with van der Waals surface area (Å²) in [6.45, 7) is 0.367. The number of nitrogens with zero attached hydrogens (tertiary/aromatic N) is 4. The van der Waals surface area contributed by atoms with Crippen molar-refractivity contribution in [2.45, 2.75) is 6.10 Å². The van der Waals surface area contributed by atoms with E-state index < -0.39 is 0 Å². The summed E-state index contributed by atoms with van der Waals surface area (Å²) in [5.74, 6) is 2.90. The van der Waals surface area contributed by atoms with Gasteiger partial charge in [-0.2, -0.15) is 9.61 Å². The topological polar surface area (TPSA) is 70.8 Å². The highest BCUT2D eigenvalue weighted by molar-refractivity contribution is 7.17. The van der Waals surface area contributed by atoms with Gasteiger partial charge in [0.15, 0.2) is 23.4 Å².